The zero-order chi connectivity index (χ0) is 14.4. The minimum atomic E-state index is 0.0781. The SMILES string of the molecule is c1cc2ccc1C13c4ccc(cc4)C45C26C4(c2ccc1cc2)C365. The first-order chi connectivity index (χ1) is 11.4. The van der Waals surface area contributed by atoms with E-state index in [0.29, 0.717) is 21.7 Å². The molecule has 0 aromatic heterocycles. The summed E-state index contributed by atoms with van der Waals surface area (Å²) in [5.74, 6) is 0. The van der Waals surface area contributed by atoms with Gasteiger partial charge in [0.1, 0.15) is 0 Å². The van der Waals surface area contributed by atoms with Crippen LogP contribution in [-0.4, -0.2) is 0 Å². The van der Waals surface area contributed by atoms with Gasteiger partial charge < -0.3 is 0 Å². The van der Waals surface area contributed by atoms with Crippen LogP contribution < -0.4 is 0 Å². The van der Waals surface area contributed by atoms with Gasteiger partial charge in [0.15, 0.2) is 0 Å². The van der Waals surface area contributed by atoms with Gasteiger partial charge >= 0.3 is 0 Å². The minimum Gasteiger partial charge on any atom is -0.0581 e. The fourth-order valence-electron chi connectivity index (χ4n) is 8.92. The largest absolute Gasteiger partial charge is 0.0581 e. The zero-order valence-corrected chi connectivity index (χ0v) is 12.4. The summed E-state index contributed by atoms with van der Waals surface area (Å²) in [4.78, 5) is 0. The zero-order valence-electron chi connectivity index (χ0n) is 12.4. The second-order valence-corrected chi connectivity index (χ2v) is 8.48. The molecule has 0 heterocycles. The fourth-order valence-corrected chi connectivity index (χ4v) is 8.92. The fraction of sp³-hybridized carbons (Fsp3) is 0.217. The molecular formula is C23H12. The lowest BCUT2D eigenvalue weighted by molar-refractivity contribution is 0.505. The van der Waals surface area contributed by atoms with Crippen LogP contribution in [0.1, 0.15) is 33.4 Å². The molecule has 3 aromatic carbocycles. The Balaban J connectivity index is 1.70. The van der Waals surface area contributed by atoms with Crippen molar-refractivity contribution in [2.45, 2.75) is 21.7 Å². The molecule has 4 fully saturated rings. The van der Waals surface area contributed by atoms with Crippen molar-refractivity contribution >= 4 is 0 Å². The van der Waals surface area contributed by atoms with Crippen molar-refractivity contribution in [2.75, 3.05) is 0 Å². The van der Waals surface area contributed by atoms with Crippen molar-refractivity contribution < 1.29 is 0 Å². The van der Waals surface area contributed by atoms with Crippen LogP contribution in [0, 0.1) is 5.41 Å². The van der Waals surface area contributed by atoms with Crippen LogP contribution in [0.5, 0.6) is 0 Å². The maximum atomic E-state index is 2.44. The van der Waals surface area contributed by atoms with E-state index in [-0.39, 0.29) is 5.41 Å². The minimum absolute atomic E-state index is 0.0781. The van der Waals surface area contributed by atoms with Crippen LogP contribution in [0.15, 0.2) is 72.8 Å². The summed E-state index contributed by atoms with van der Waals surface area (Å²) >= 11 is 0. The van der Waals surface area contributed by atoms with Gasteiger partial charge in [-0.3, -0.25) is 0 Å². The average Bonchev–Trinajstić information content (AvgIpc) is 3.50. The summed E-state index contributed by atoms with van der Waals surface area (Å²) in [6.07, 6.45) is 0. The van der Waals surface area contributed by atoms with E-state index in [1.54, 1.807) is 16.7 Å². The summed E-state index contributed by atoms with van der Waals surface area (Å²) in [7, 11) is 0. The van der Waals surface area contributed by atoms with Gasteiger partial charge in [0.05, 0.1) is 5.41 Å². The van der Waals surface area contributed by atoms with Gasteiger partial charge in [0.2, 0.25) is 0 Å². The van der Waals surface area contributed by atoms with E-state index in [9.17, 15) is 0 Å². The van der Waals surface area contributed by atoms with Gasteiger partial charge in [-0.15, -0.1) is 0 Å². The Kier molecular flexibility index (Phi) is 0.870. The summed E-state index contributed by atoms with van der Waals surface area (Å²) in [5, 5.41) is 0. The van der Waals surface area contributed by atoms with Gasteiger partial charge in [-0.25, -0.2) is 0 Å². The second-order valence-electron chi connectivity index (χ2n) is 8.48. The molecule has 0 atom stereocenters. The lowest BCUT2D eigenvalue weighted by Crippen LogP contribution is -2.33. The first kappa shape index (κ1) is 9.72. The Labute approximate surface area is 133 Å². The third kappa shape index (κ3) is 0.435. The molecule has 0 N–H and O–H groups in total. The molecule has 0 unspecified atom stereocenters. The molecule has 4 spiro atoms. The van der Waals surface area contributed by atoms with Gasteiger partial charge in [-0.2, -0.15) is 0 Å². The molecule has 23 heavy (non-hydrogen) atoms. The molecule has 10 aliphatic rings. The van der Waals surface area contributed by atoms with Crippen LogP contribution in [0.4, 0.5) is 0 Å². The van der Waals surface area contributed by atoms with Crippen molar-refractivity contribution in [3.05, 3.63) is 106 Å². The monoisotopic (exact) mass is 288 g/mol. The Morgan fingerprint density at radius 3 is 0.913 bits per heavy atom. The number of fused-ring (bicyclic) bond motifs is 6. The third-order valence-electron chi connectivity index (χ3n) is 8.94. The van der Waals surface area contributed by atoms with Crippen molar-refractivity contribution in [1.29, 1.82) is 0 Å². The Morgan fingerprint density at radius 1 is 0.348 bits per heavy atom. The molecule has 0 saturated heterocycles. The standard InChI is InChI=1S/C23H12/c1-7-16-8-2-13(1)19-14-3-9-17(10-4-14)21-20(16)22(21,23(19,20)21)18-11-5-15(19)6-12-18/h1-12H. The van der Waals surface area contributed by atoms with Crippen molar-refractivity contribution in [3.8, 4) is 0 Å². The molecule has 104 valence electrons. The highest BCUT2D eigenvalue weighted by Gasteiger charge is 3.39. The topological polar surface area (TPSA) is 0 Å². The Bertz CT molecular complexity index is 989. The summed E-state index contributed by atoms with van der Waals surface area (Å²) in [5.41, 5.74) is 11.1. The van der Waals surface area contributed by atoms with Gasteiger partial charge in [-0.05, 0) is 33.4 Å². The molecule has 0 aliphatic heterocycles. The highest BCUT2D eigenvalue weighted by Crippen LogP contribution is 3.33. The highest BCUT2D eigenvalue weighted by atomic mass is 15.4. The first-order valence-electron chi connectivity index (χ1n) is 8.71. The van der Waals surface area contributed by atoms with E-state index in [4.69, 9.17) is 0 Å². The molecular weight excluding hydrogens is 276 g/mol. The van der Waals surface area contributed by atoms with Gasteiger partial charge in [-0.1, -0.05) is 72.8 Å². The third-order valence-corrected chi connectivity index (χ3v) is 8.94. The van der Waals surface area contributed by atoms with Crippen LogP contribution in [-0.2, 0) is 21.7 Å². The Morgan fingerprint density at radius 2 is 0.609 bits per heavy atom. The van der Waals surface area contributed by atoms with Crippen LogP contribution in [0.3, 0.4) is 0 Å². The Hall–Kier alpha value is -2.34. The molecule has 3 aromatic rings. The highest BCUT2D eigenvalue weighted by molar-refractivity contribution is 6.08. The molecule has 0 heteroatoms. The number of hydrogen-bond donors (Lipinski definition) is 0. The number of benzene rings is 3. The lowest BCUT2D eigenvalue weighted by atomic mass is 9.66. The summed E-state index contributed by atoms with van der Waals surface area (Å²) in [6, 6.07) is 29.2. The van der Waals surface area contributed by atoms with Crippen molar-refractivity contribution in [2.24, 2.45) is 5.41 Å². The molecule has 13 rings (SSSR count). The van der Waals surface area contributed by atoms with Crippen molar-refractivity contribution in [1.82, 2.24) is 0 Å². The molecule has 10 aliphatic carbocycles. The predicted octanol–water partition coefficient (Wildman–Crippen LogP) is 3.80. The molecule has 0 amide bonds. The quantitative estimate of drug-likeness (QED) is 0.590. The first-order valence-corrected chi connectivity index (χ1v) is 8.71. The van der Waals surface area contributed by atoms with E-state index in [2.05, 4.69) is 72.8 Å². The van der Waals surface area contributed by atoms with Gasteiger partial charge in [0.25, 0.3) is 0 Å². The van der Waals surface area contributed by atoms with Crippen molar-refractivity contribution in [3.63, 3.8) is 0 Å². The maximum absolute atomic E-state index is 2.44. The molecule has 6 bridgehead atoms. The number of rotatable bonds is 0. The summed E-state index contributed by atoms with van der Waals surface area (Å²) in [6.45, 7) is 0. The molecule has 0 nitrogen and oxygen atoms in total. The van der Waals surface area contributed by atoms with E-state index in [1.165, 1.54) is 16.7 Å². The van der Waals surface area contributed by atoms with Crippen LogP contribution >= 0.6 is 0 Å². The van der Waals surface area contributed by atoms with Gasteiger partial charge in [0, 0.05) is 21.7 Å². The molecule has 4 saturated carbocycles. The lowest BCUT2D eigenvalue weighted by Gasteiger charge is -2.35. The summed E-state index contributed by atoms with van der Waals surface area (Å²) < 4.78 is 0. The van der Waals surface area contributed by atoms with E-state index >= 15 is 0 Å². The maximum Gasteiger partial charge on any atom is 0.0535 e. The molecule has 0 radical (unpaired) electrons. The van der Waals surface area contributed by atoms with Crippen LogP contribution in [0.2, 0.25) is 0 Å². The average molecular weight is 288 g/mol. The van der Waals surface area contributed by atoms with E-state index in [1.807, 2.05) is 0 Å². The van der Waals surface area contributed by atoms with E-state index < -0.39 is 0 Å². The smallest absolute Gasteiger partial charge is 0.0535 e. The second kappa shape index (κ2) is 2.06. The predicted molar refractivity (Wildman–Crippen MR) is 86.7 cm³/mol. The van der Waals surface area contributed by atoms with E-state index in [0.717, 1.165) is 0 Å². The number of hydrogen-bond acceptors (Lipinski definition) is 0. The normalized spacial score (nSPS) is 50.6. The van der Waals surface area contributed by atoms with Crippen LogP contribution in [0.25, 0.3) is 0 Å².